The average molecular weight is 138 g/mol. The fourth-order valence-electron chi connectivity index (χ4n) is 0.321. The molecule has 0 aliphatic rings. The minimum absolute atomic E-state index is 0.545. The zero-order valence-electron chi connectivity index (χ0n) is 6.83. The Morgan fingerprint density at radius 2 is 2.00 bits per heavy atom. The van der Waals surface area contributed by atoms with Crippen molar-refractivity contribution < 1.29 is 0 Å². The molecule has 0 unspecified atom stereocenters. The minimum Gasteiger partial charge on any atom is -0.160 e. The van der Waals surface area contributed by atoms with Crippen LogP contribution in [0.3, 0.4) is 0 Å². The van der Waals surface area contributed by atoms with Gasteiger partial charge in [-0.3, -0.25) is 0 Å². The van der Waals surface area contributed by atoms with Gasteiger partial charge in [0.25, 0.3) is 0 Å². The fraction of sp³-hybridized carbons (Fsp3) is 0.500. The van der Waals surface area contributed by atoms with Gasteiger partial charge in [0.2, 0.25) is 0 Å². The highest BCUT2D eigenvalue weighted by Crippen LogP contribution is 2.07. The predicted molar refractivity (Wildman–Crippen MR) is 43.6 cm³/mol. The molecule has 0 heterocycles. The van der Waals surface area contributed by atoms with Crippen LogP contribution in [0.4, 0.5) is 0 Å². The van der Waals surface area contributed by atoms with Crippen molar-refractivity contribution in [3.8, 4) is 0 Å². The third-order valence-electron chi connectivity index (χ3n) is 1.32. The molecule has 0 aliphatic heterocycles. The number of hydrogen-bond donors (Lipinski definition) is 0. The summed E-state index contributed by atoms with van der Waals surface area (Å²) in [5.74, 6) is 0.545. The Morgan fingerprint density at radius 1 is 1.40 bits per heavy atom. The Balaban J connectivity index is 3.91. The number of allylic oxidation sites excluding steroid dienone is 1. The monoisotopic (exact) mass is 138 g/mol. The number of rotatable bonds is 3. The molecule has 0 fully saturated rings. The van der Waals surface area contributed by atoms with E-state index >= 15 is 0 Å². The average Bonchev–Trinajstić information content (AvgIpc) is 1.88. The molecule has 0 saturated heterocycles. The van der Waals surface area contributed by atoms with Crippen LogP contribution in [0.25, 0.3) is 0 Å². The van der Waals surface area contributed by atoms with Gasteiger partial charge < -0.3 is 0 Å². The topological polar surface area (TPSA) is 24.7 Å². The van der Waals surface area contributed by atoms with Gasteiger partial charge in [-0.2, -0.15) is 10.2 Å². The van der Waals surface area contributed by atoms with Crippen LogP contribution in [0, 0.1) is 5.92 Å². The summed E-state index contributed by atoms with van der Waals surface area (Å²) in [5, 5.41) is 7.36. The molecule has 10 heavy (non-hydrogen) atoms. The molecule has 2 heteroatoms. The molecule has 0 atom stereocenters. The van der Waals surface area contributed by atoms with E-state index in [-0.39, 0.29) is 0 Å². The van der Waals surface area contributed by atoms with Gasteiger partial charge in [-0.05, 0) is 12.8 Å². The summed E-state index contributed by atoms with van der Waals surface area (Å²) < 4.78 is 0. The molecule has 0 aliphatic carbocycles. The van der Waals surface area contributed by atoms with Gasteiger partial charge in [-0.25, -0.2) is 0 Å². The van der Waals surface area contributed by atoms with Crippen LogP contribution in [0.1, 0.15) is 20.8 Å². The maximum atomic E-state index is 3.76. The second-order valence-corrected chi connectivity index (χ2v) is 2.44. The van der Waals surface area contributed by atoms with Gasteiger partial charge >= 0.3 is 0 Å². The molecule has 0 N–H and O–H groups in total. The second-order valence-electron chi connectivity index (χ2n) is 2.44. The molecular formula is C8H14N2. The predicted octanol–water partition coefficient (Wildman–Crippen LogP) is 3.14. The van der Waals surface area contributed by atoms with Crippen molar-refractivity contribution in [1.29, 1.82) is 0 Å². The van der Waals surface area contributed by atoms with Gasteiger partial charge in [-0.15, -0.1) is 0 Å². The van der Waals surface area contributed by atoms with Crippen molar-refractivity contribution >= 4 is 0 Å². The Labute approximate surface area is 62.4 Å². The van der Waals surface area contributed by atoms with E-state index in [1.807, 2.05) is 6.92 Å². The first kappa shape index (κ1) is 9.08. The van der Waals surface area contributed by atoms with E-state index in [9.17, 15) is 0 Å². The fourth-order valence-corrected chi connectivity index (χ4v) is 0.321. The van der Waals surface area contributed by atoms with E-state index in [4.69, 9.17) is 0 Å². The van der Waals surface area contributed by atoms with Gasteiger partial charge in [0, 0.05) is 12.4 Å². The summed E-state index contributed by atoms with van der Waals surface area (Å²) >= 11 is 0. The third-order valence-corrected chi connectivity index (χ3v) is 1.32. The summed E-state index contributed by atoms with van der Waals surface area (Å²) in [4.78, 5) is 0. The smallest absolute Gasteiger partial charge is 0.0487 e. The highest BCUT2D eigenvalue weighted by molar-refractivity contribution is 4.98. The third kappa shape index (κ3) is 4.01. The molecule has 0 rings (SSSR count). The van der Waals surface area contributed by atoms with Crippen LogP contribution < -0.4 is 0 Å². The van der Waals surface area contributed by atoms with Crippen molar-refractivity contribution in [2.75, 3.05) is 0 Å². The number of nitrogens with zero attached hydrogens (tertiary/aromatic N) is 2. The quantitative estimate of drug-likeness (QED) is 0.535. The van der Waals surface area contributed by atoms with E-state index in [0.29, 0.717) is 5.92 Å². The summed E-state index contributed by atoms with van der Waals surface area (Å²) in [6.45, 7) is 9.69. The highest BCUT2D eigenvalue weighted by atomic mass is 15.1. The number of azo groups is 1. The molecule has 2 nitrogen and oxygen atoms in total. The summed E-state index contributed by atoms with van der Waals surface area (Å²) in [6, 6.07) is 0. The lowest BCUT2D eigenvalue weighted by Gasteiger charge is -2.00. The highest BCUT2D eigenvalue weighted by Gasteiger charge is 1.92. The normalized spacial score (nSPS) is 13.0. The standard InChI is InChI=1S/C8H14N2/c1-5-9-10-6-8(4)7(2)3/h5-7H,1H2,2-4H3/b8-6+,10-9?. The van der Waals surface area contributed by atoms with Gasteiger partial charge in [0.15, 0.2) is 0 Å². The zero-order chi connectivity index (χ0) is 7.98. The van der Waals surface area contributed by atoms with E-state index in [2.05, 4.69) is 30.7 Å². The Bertz CT molecular complexity index is 155. The zero-order valence-corrected chi connectivity index (χ0v) is 6.83. The molecule has 0 aromatic carbocycles. The molecule has 0 spiro atoms. The van der Waals surface area contributed by atoms with E-state index in [1.165, 1.54) is 11.8 Å². The Kier molecular flexibility index (Phi) is 4.46. The molecular weight excluding hydrogens is 124 g/mol. The largest absolute Gasteiger partial charge is 0.160 e. The van der Waals surface area contributed by atoms with E-state index in [1.54, 1.807) is 6.20 Å². The molecule has 0 radical (unpaired) electrons. The first-order valence-electron chi connectivity index (χ1n) is 3.36. The molecule has 0 bridgehead atoms. The molecule has 0 saturated carbocycles. The lowest BCUT2D eigenvalue weighted by Crippen LogP contribution is -1.86. The van der Waals surface area contributed by atoms with Crippen LogP contribution in [-0.2, 0) is 0 Å². The number of hydrogen-bond acceptors (Lipinski definition) is 2. The molecule has 56 valence electrons. The van der Waals surface area contributed by atoms with Crippen molar-refractivity contribution in [1.82, 2.24) is 0 Å². The maximum Gasteiger partial charge on any atom is 0.0487 e. The van der Waals surface area contributed by atoms with Crippen LogP contribution in [0.2, 0.25) is 0 Å². The molecule has 0 amide bonds. The second kappa shape index (κ2) is 4.91. The van der Waals surface area contributed by atoms with Gasteiger partial charge in [-0.1, -0.05) is 26.0 Å². The van der Waals surface area contributed by atoms with Crippen molar-refractivity contribution in [2.24, 2.45) is 16.1 Å². The van der Waals surface area contributed by atoms with Gasteiger partial charge in [0.1, 0.15) is 0 Å². The van der Waals surface area contributed by atoms with Crippen molar-refractivity contribution in [3.05, 3.63) is 24.6 Å². The lowest BCUT2D eigenvalue weighted by molar-refractivity contribution is 0.764. The first-order chi connectivity index (χ1) is 4.68. The summed E-state index contributed by atoms with van der Waals surface area (Å²) in [6.07, 6.45) is 3.18. The van der Waals surface area contributed by atoms with Crippen LogP contribution >= 0.6 is 0 Å². The van der Waals surface area contributed by atoms with E-state index in [0.717, 1.165) is 0 Å². The van der Waals surface area contributed by atoms with Crippen LogP contribution in [-0.4, -0.2) is 0 Å². The lowest BCUT2D eigenvalue weighted by atomic mass is 10.1. The van der Waals surface area contributed by atoms with Crippen LogP contribution in [0.15, 0.2) is 34.8 Å². The van der Waals surface area contributed by atoms with Crippen LogP contribution in [0.5, 0.6) is 0 Å². The Morgan fingerprint density at radius 3 is 2.40 bits per heavy atom. The van der Waals surface area contributed by atoms with E-state index < -0.39 is 0 Å². The SMILES string of the molecule is C=CN=N/C=C(\C)C(C)C. The van der Waals surface area contributed by atoms with Crippen molar-refractivity contribution in [3.63, 3.8) is 0 Å². The molecule has 0 aromatic rings. The summed E-state index contributed by atoms with van der Waals surface area (Å²) in [5.41, 5.74) is 1.23. The maximum absolute atomic E-state index is 3.76. The Hall–Kier alpha value is -0.920. The molecule has 0 aromatic heterocycles. The summed E-state index contributed by atoms with van der Waals surface area (Å²) in [7, 11) is 0. The van der Waals surface area contributed by atoms with Crippen molar-refractivity contribution in [2.45, 2.75) is 20.8 Å². The first-order valence-corrected chi connectivity index (χ1v) is 3.36. The minimum atomic E-state index is 0.545. The van der Waals surface area contributed by atoms with Gasteiger partial charge in [0.05, 0.1) is 0 Å².